The standard InChI is InChI=1S/C16H24N6O2/c1-11(2)15-20-14(24-21-15)8-9-17-16(23)18-10-12-6-5-7-13(19-12)22(3)4/h5-7,11H,8-10H2,1-4H3,(H2,17,18,23). The molecule has 0 aliphatic carbocycles. The smallest absolute Gasteiger partial charge is 0.315 e. The predicted molar refractivity (Wildman–Crippen MR) is 90.9 cm³/mol. The first-order valence-electron chi connectivity index (χ1n) is 7.93. The van der Waals surface area contributed by atoms with E-state index in [1.54, 1.807) is 0 Å². The van der Waals surface area contributed by atoms with Gasteiger partial charge in [-0.15, -0.1) is 0 Å². The first-order chi connectivity index (χ1) is 11.5. The summed E-state index contributed by atoms with van der Waals surface area (Å²) in [5.41, 5.74) is 0.801. The fourth-order valence-electron chi connectivity index (χ4n) is 1.93. The molecule has 24 heavy (non-hydrogen) atoms. The highest BCUT2D eigenvalue weighted by atomic mass is 16.5. The summed E-state index contributed by atoms with van der Waals surface area (Å²) in [4.78, 5) is 22.4. The van der Waals surface area contributed by atoms with Gasteiger partial charge in [0, 0.05) is 33.0 Å². The maximum absolute atomic E-state index is 11.8. The molecule has 0 unspecified atom stereocenters. The van der Waals surface area contributed by atoms with E-state index in [2.05, 4.69) is 25.8 Å². The van der Waals surface area contributed by atoms with Gasteiger partial charge in [0.25, 0.3) is 0 Å². The second kappa shape index (κ2) is 8.28. The Morgan fingerprint density at radius 1 is 1.25 bits per heavy atom. The van der Waals surface area contributed by atoms with Gasteiger partial charge in [-0.1, -0.05) is 25.1 Å². The lowest BCUT2D eigenvalue weighted by atomic mass is 10.2. The van der Waals surface area contributed by atoms with E-state index < -0.39 is 0 Å². The summed E-state index contributed by atoms with van der Waals surface area (Å²) in [6.07, 6.45) is 0.501. The SMILES string of the molecule is CC(C)c1noc(CCNC(=O)NCc2cccc(N(C)C)n2)n1. The van der Waals surface area contributed by atoms with Crippen molar-refractivity contribution in [2.45, 2.75) is 32.7 Å². The Morgan fingerprint density at radius 3 is 2.71 bits per heavy atom. The molecule has 2 amide bonds. The van der Waals surface area contributed by atoms with Crippen LogP contribution in [0.25, 0.3) is 0 Å². The molecule has 0 atom stereocenters. The molecule has 0 aliphatic heterocycles. The number of hydrogen-bond acceptors (Lipinski definition) is 6. The van der Waals surface area contributed by atoms with Crippen molar-refractivity contribution in [2.24, 2.45) is 0 Å². The van der Waals surface area contributed by atoms with Crippen molar-refractivity contribution in [3.63, 3.8) is 0 Å². The molecular formula is C16H24N6O2. The van der Waals surface area contributed by atoms with Crippen LogP contribution in [-0.4, -0.2) is 41.8 Å². The second-order valence-corrected chi connectivity index (χ2v) is 5.94. The zero-order valence-electron chi connectivity index (χ0n) is 14.5. The van der Waals surface area contributed by atoms with E-state index in [0.717, 1.165) is 11.5 Å². The van der Waals surface area contributed by atoms with Gasteiger partial charge in [-0.25, -0.2) is 9.78 Å². The van der Waals surface area contributed by atoms with Crippen molar-refractivity contribution in [3.05, 3.63) is 35.6 Å². The quantitative estimate of drug-likeness (QED) is 0.801. The number of hydrogen-bond donors (Lipinski definition) is 2. The number of carbonyl (C=O) groups excluding carboxylic acids is 1. The molecule has 2 heterocycles. The normalized spacial score (nSPS) is 10.7. The van der Waals surface area contributed by atoms with Crippen molar-refractivity contribution in [3.8, 4) is 0 Å². The molecule has 0 bridgehead atoms. The van der Waals surface area contributed by atoms with E-state index in [4.69, 9.17) is 4.52 Å². The molecule has 0 radical (unpaired) electrons. The number of pyridine rings is 1. The minimum Gasteiger partial charge on any atom is -0.363 e. The van der Waals surface area contributed by atoms with E-state index >= 15 is 0 Å². The highest BCUT2D eigenvalue weighted by Gasteiger charge is 2.10. The summed E-state index contributed by atoms with van der Waals surface area (Å²) in [7, 11) is 3.85. The molecule has 0 spiro atoms. The van der Waals surface area contributed by atoms with Crippen molar-refractivity contribution < 1.29 is 9.32 Å². The third kappa shape index (κ3) is 5.22. The zero-order chi connectivity index (χ0) is 17.5. The fraction of sp³-hybridized carbons (Fsp3) is 0.500. The average Bonchev–Trinajstić information content (AvgIpc) is 3.02. The maximum atomic E-state index is 11.8. The van der Waals surface area contributed by atoms with Crippen LogP contribution in [0, 0.1) is 0 Å². The lowest BCUT2D eigenvalue weighted by molar-refractivity contribution is 0.240. The van der Waals surface area contributed by atoms with Crippen LogP contribution in [0.2, 0.25) is 0 Å². The van der Waals surface area contributed by atoms with E-state index in [9.17, 15) is 4.79 Å². The first kappa shape index (κ1) is 17.7. The van der Waals surface area contributed by atoms with Gasteiger partial charge in [0.1, 0.15) is 5.82 Å². The van der Waals surface area contributed by atoms with Gasteiger partial charge in [-0.3, -0.25) is 0 Å². The van der Waals surface area contributed by atoms with Gasteiger partial charge in [0.05, 0.1) is 12.2 Å². The number of urea groups is 1. The Kier molecular flexibility index (Phi) is 6.11. The van der Waals surface area contributed by atoms with Gasteiger partial charge in [0.15, 0.2) is 5.82 Å². The molecule has 130 valence electrons. The minimum absolute atomic E-state index is 0.226. The van der Waals surface area contributed by atoms with Gasteiger partial charge < -0.3 is 20.1 Å². The van der Waals surface area contributed by atoms with E-state index in [1.165, 1.54) is 0 Å². The molecule has 2 N–H and O–H groups in total. The zero-order valence-corrected chi connectivity index (χ0v) is 14.5. The molecular weight excluding hydrogens is 308 g/mol. The predicted octanol–water partition coefficient (Wildman–Crippen LogP) is 1.70. The van der Waals surface area contributed by atoms with Crippen LogP contribution in [-0.2, 0) is 13.0 Å². The molecule has 0 saturated heterocycles. The van der Waals surface area contributed by atoms with Crippen LogP contribution in [0.15, 0.2) is 22.7 Å². The second-order valence-electron chi connectivity index (χ2n) is 5.94. The van der Waals surface area contributed by atoms with E-state index in [-0.39, 0.29) is 11.9 Å². The molecule has 2 aromatic rings. The van der Waals surface area contributed by atoms with Crippen molar-refractivity contribution in [2.75, 3.05) is 25.5 Å². The number of nitrogens with one attached hydrogen (secondary N) is 2. The summed E-state index contributed by atoms with van der Waals surface area (Å²) in [5.74, 6) is 2.29. The van der Waals surface area contributed by atoms with E-state index in [1.807, 2.05) is 51.0 Å². The van der Waals surface area contributed by atoms with Crippen molar-refractivity contribution in [1.29, 1.82) is 0 Å². The molecule has 0 aromatic carbocycles. The van der Waals surface area contributed by atoms with Gasteiger partial charge in [-0.2, -0.15) is 4.98 Å². The topological polar surface area (TPSA) is 96.2 Å². The Morgan fingerprint density at radius 2 is 2.04 bits per heavy atom. The first-order valence-corrected chi connectivity index (χ1v) is 7.93. The molecule has 0 saturated carbocycles. The lowest BCUT2D eigenvalue weighted by Crippen LogP contribution is -2.36. The molecule has 8 heteroatoms. The summed E-state index contributed by atoms with van der Waals surface area (Å²) < 4.78 is 5.13. The van der Waals surface area contributed by atoms with Gasteiger partial charge >= 0.3 is 6.03 Å². The number of nitrogens with zero attached hydrogens (tertiary/aromatic N) is 4. The number of anilines is 1. The third-order valence-corrected chi connectivity index (χ3v) is 3.30. The number of rotatable bonds is 7. The Labute approximate surface area is 141 Å². The summed E-state index contributed by atoms with van der Waals surface area (Å²) in [6, 6.07) is 5.45. The minimum atomic E-state index is -0.254. The number of amides is 2. The van der Waals surface area contributed by atoms with Gasteiger partial charge in [-0.05, 0) is 12.1 Å². The Balaban J connectivity index is 1.72. The summed E-state index contributed by atoms with van der Waals surface area (Å²) >= 11 is 0. The third-order valence-electron chi connectivity index (χ3n) is 3.30. The van der Waals surface area contributed by atoms with Gasteiger partial charge in [0.2, 0.25) is 5.89 Å². The maximum Gasteiger partial charge on any atom is 0.315 e. The van der Waals surface area contributed by atoms with Crippen LogP contribution < -0.4 is 15.5 Å². The van der Waals surface area contributed by atoms with Crippen molar-refractivity contribution >= 4 is 11.8 Å². The highest BCUT2D eigenvalue weighted by molar-refractivity contribution is 5.73. The fourth-order valence-corrected chi connectivity index (χ4v) is 1.93. The van der Waals surface area contributed by atoms with E-state index in [0.29, 0.717) is 31.2 Å². The monoisotopic (exact) mass is 332 g/mol. The molecule has 2 aromatic heterocycles. The average molecular weight is 332 g/mol. The number of aromatic nitrogens is 3. The van der Waals surface area contributed by atoms with Crippen LogP contribution >= 0.6 is 0 Å². The van der Waals surface area contributed by atoms with Crippen LogP contribution in [0.5, 0.6) is 0 Å². The largest absolute Gasteiger partial charge is 0.363 e. The Bertz CT molecular complexity index is 668. The summed E-state index contributed by atoms with van der Waals surface area (Å²) in [5, 5.41) is 9.42. The molecule has 8 nitrogen and oxygen atoms in total. The number of carbonyl (C=O) groups is 1. The molecule has 0 fully saturated rings. The molecule has 2 rings (SSSR count). The Hall–Kier alpha value is -2.64. The highest BCUT2D eigenvalue weighted by Crippen LogP contribution is 2.09. The lowest BCUT2D eigenvalue weighted by Gasteiger charge is -2.12. The van der Waals surface area contributed by atoms with Crippen LogP contribution in [0.3, 0.4) is 0 Å². The summed E-state index contributed by atoms with van der Waals surface area (Å²) in [6.45, 7) is 4.79. The van der Waals surface area contributed by atoms with Crippen LogP contribution in [0.1, 0.15) is 37.2 Å². The molecule has 0 aliphatic rings. The van der Waals surface area contributed by atoms with Crippen LogP contribution in [0.4, 0.5) is 10.6 Å². The van der Waals surface area contributed by atoms with Crippen molar-refractivity contribution in [1.82, 2.24) is 25.8 Å².